The number of hydrogen-bond acceptors (Lipinski definition) is 2. The third kappa shape index (κ3) is 7.27. The summed E-state index contributed by atoms with van der Waals surface area (Å²) in [5.74, 6) is 1.07. The van der Waals surface area contributed by atoms with Crippen LogP contribution in [0, 0.1) is 0 Å². The van der Waals surface area contributed by atoms with E-state index in [4.69, 9.17) is 4.42 Å². The minimum Gasteiger partial charge on any atom is -0.460 e. The Morgan fingerprint density at radius 2 is 1.13 bits per heavy atom. The molecule has 0 saturated heterocycles. The molecule has 0 bridgehead atoms. The summed E-state index contributed by atoms with van der Waals surface area (Å²) < 4.78 is 6.67. The van der Waals surface area contributed by atoms with E-state index in [1.165, 1.54) is 66.4 Å². The smallest absolute Gasteiger partial charge is 0.137 e. The Bertz CT molecular complexity index is 2880. The molecule has 0 N–H and O–H groups in total. The van der Waals surface area contributed by atoms with E-state index >= 15 is 0 Å². The molecule has 0 unspecified atom stereocenters. The maximum absolute atomic E-state index is 6.67. The van der Waals surface area contributed by atoms with Gasteiger partial charge in [0.05, 0.1) is 11.4 Å². The molecule has 0 radical (unpaired) electrons. The van der Waals surface area contributed by atoms with Gasteiger partial charge in [0.1, 0.15) is 11.3 Å². The lowest BCUT2D eigenvalue weighted by molar-refractivity contribution is 0.546. The molecule has 2 heteroatoms. The number of anilines is 3. The number of fused-ring (bicyclic) bond motifs is 4. The van der Waals surface area contributed by atoms with Gasteiger partial charge in [-0.05, 0) is 96.6 Å². The lowest BCUT2D eigenvalue weighted by Gasteiger charge is -2.32. The van der Waals surface area contributed by atoms with Crippen molar-refractivity contribution in [1.29, 1.82) is 0 Å². The number of nitrogens with zero attached hydrogens (tertiary/aromatic N) is 1. The quantitative estimate of drug-likeness (QED) is 0.167. The van der Waals surface area contributed by atoms with E-state index in [-0.39, 0.29) is 16.2 Å². The van der Waals surface area contributed by atoms with Crippen molar-refractivity contribution in [3.63, 3.8) is 0 Å². The summed E-state index contributed by atoms with van der Waals surface area (Å²) in [5.41, 5.74) is 16.6. The van der Waals surface area contributed by atoms with Crippen molar-refractivity contribution in [3.05, 3.63) is 180 Å². The van der Waals surface area contributed by atoms with E-state index < -0.39 is 0 Å². The number of aryl methyl sites for hydroxylation is 1. The highest BCUT2D eigenvalue weighted by molar-refractivity contribution is 6.09. The second-order valence-electron chi connectivity index (χ2n) is 19.8. The van der Waals surface area contributed by atoms with E-state index in [0.717, 1.165) is 46.6 Å². The first-order valence-electron chi connectivity index (χ1n) is 21.6. The van der Waals surface area contributed by atoms with Crippen LogP contribution in [-0.2, 0) is 22.7 Å². The molecule has 1 aliphatic carbocycles. The first-order valence-corrected chi connectivity index (χ1v) is 21.6. The van der Waals surface area contributed by atoms with Crippen LogP contribution in [-0.4, -0.2) is 0 Å². The van der Waals surface area contributed by atoms with Crippen molar-refractivity contribution in [1.82, 2.24) is 0 Å². The lowest BCUT2D eigenvalue weighted by atomic mass is 9.78. The summed E-state index contributed by atoms with van der Waals surface area (Å²) in [5, 5.41) is 3.64. The van der Waals surface area contributed by atoms with Gasteiger partial charge in [-0.2, -0.15) is 0 Å². The van der Waals surface area contributed by atoms with E-state index in [0.29, 0.717) is 0 Å². The first kappa shape index (κ1) is 39.3. The number of rotatable bonds is 6. The van der Waals surface area contributed by atoms with Crippen LogP contribution in [0.3, 0.4) is 0 Å². The third-order valence-corrected chi connectivity index (χ3v) is 12.4. The molecular weight excluding hydrogens is 727 g/mol. The minimum atomic E-state index is -0.0659. The van der Waals surface area contributed by atoms with Crippen LogP contribution in [0.25, 0.3) is 61.2 Å². The van der Waals surface area contributed by atoms with E-state index in [2.05, 4.69) is 225 Å². The topological polar surface area (TPSA) is 16.4 Å². The summed E-state index contributed by atoms with van der Waals surface area (Å²) >= 11 is 0. The SMILES string of the molecule is CC(C)(C)c1cc(-c2cccc3cccc(-c4ccccc4N(c4ccc5c6c(oc5c4)CCC=C6)c4cc(C(C)(C)C)ccc4-c4ccccc4)c23)cc(C(C)(C)C)c1. The molecule has 8 aromatic rings. The fourth-order valence-electron chi connectivity index (χ4n) is 8.88. The second kappa shape index (κ2) is 14.9. The molecule has 300 valence electrons. The van der Waals surface area contributed by atoms with Gasteiger partial charge < -0.3 is 9.32 Å². The highest BCUT2D eigenvalue weighted by Gasteiger charge is 2.27. The average Bonchev–Trinajstić information content (AvgIpc) is 3.61. The molecule has 0 aliphatic heterocycles. The zero-order chi connectivity index (χ0) is 42.0. The first-order chi connectivity index (χ1) is 28.6. The van der Waals surface area contributed by atoms with E-state index in [1.807, 2.05) is 0 Å². The second-order valence-corrected chi connectivity index (χ2v) is 19.8. The molecule has 2 nitrogen and oxygen atoms in total. The van der Waals surface area contributed by atoms with Gasteiger partial charge in [-0.15, -0.1) is 0 Å². The molecule has 1 aromatic heterocycles. The zero-order valence-corrected chi connectivity index (χ0v) is 36.8. The fraction of sp³-hybridized carbons (Fsp3) is 0.241. The third-order valence-electron chi connectivity index (χ3n) is 12.4. The van der Waals surface area contributed by atoms with Crippen molar-refractivity contribution in [2.45, 2.75) is 91.4 Å². The molecule has 7 aromatic carbocycles. The van der Waals surface area contributed by atoms with Gasteiger partial charge in [0, 0.05) is 40.3 Å². The van der Waals surface area contributed by atoms with Crippen molar-refractivity contribution in [3.8, 4) is 33.4 Å². The van der Waals surface area contributed by atoms with Crippen molar-refractivity contribution >= 4 is 44.9 Å². The number of hydrogen-bond donors (Lipinski definition) is 0. The Labute approximate surface area is 357 Å². The molecule has 1 aliphatic rings. The molecule has 1 heterocycles. The van der Waals surface area contributed by atoms with E-state index in [9.17, 15) is 0 Å². The Morgan fingerprint density at radius 1 is 0.483 bits per heavy atom. The van der Waals surface area contributed by atoms with Gasteiger partial charge in [0.25, 0.3) is 0 Å². The molecule has 0 atom stereocenters. The van der Waals surface area contributed by atoms with Crippen LogP contribution in [0.4, 0.5) is 17.1 Å². The number of furan rings is 1. The van der Waals surface area contributed by atoms with Crippen LogP contribution in [0.1, 0.15) is 96.7 Å². The Balaban J connectivity index is 1.34. The van der Waals surface area contributed by atoms with Crippen LogP contribution in [0.5, 0.6) is 0 Å². The van der Waals surface area contributed by atoms with Gasteiger partial charge in [0.15, 0.2) is 0 Å². The van der Waals surface area contributed by atoms with Crippen LogP contribution in [0.2, 0.25) is 0 Å². The number of benzene rings is 7. The van der Waals surface area contributed by atoms with Crippen molar-refractivity contribution in [2.75, 3.05) is 4.90 Å². The summed E-state index contributed by atoms with van der Waals surface area (Å²) in [4.78, 5) is 2.49. The maximum atomic E-state index is 6.67. The molecule has 60 heavy (non-hydrogen) atoms. The largest absolute Gasteiger partial charge is 0.460 e. The monoisotopic (exact) mass is 783 g/mol. The predicted octanol–water partition coefficient (Wildman–Crippen LogP) is 16.9. The van der Waals surface area contributed by atoms with Gasteiger partial charge in [0.2, 0.25) is 0 Å². The Hall–Kier alpha value is -6.12. The van der Waals surface area contributed by atoms with Crippen LogP contribution < -0.4 is 4.90 Å². The number of para-hydroxylation sites is 1. The molecule has 0 spiro atoms. The lowest BCUT2D eigenvalue weighted by Crippen LogP contribution is -2.16. The normalized spacial score (nSPS) is 13.2. The van der Waals surface area contributed by atoms with Crippen molar-refractivity contribution in [2.24, 2.45) is 0 Å². The standard InChI is InChI=1S/C58H57NO/c1-56(2,3)41-29-31-45(38-19-11-10-12-20-38)52(36-41)59(44-30-32-49-48-24-14-16-28-53(48)60-54(49)37-44)51-27-15-13-23-47(51)50-26-18-22-39-21-17-25-46(55(39)50)40-33-42(57(4,5)6)35-43(34-40)58(7,8)9/h10-15,17-27,29-37H,16,28H2,1-9H3. The van der Waals surface area contributed by atoms with E-state index in [1.54, 1.807) is 0 Å². The van der Waals surface area contributed by atoms with Gasteiger partial charge in [-0.3, -0.25) is 0 Å². The molecule has 0 saturated carbocycles. The molecular formula is C58H57NO. The number of allylic oxidation sites excluding steroid dienone is 1. The summed E-state index contributed by atoms with van der Waals surface area (Å²) in [6.07, 6.45) is 6.43. The highest BCUT2D eigenvalue weighted by atomic mass is 16.3. The van der Waals surface area contributed by atoms with Gasteiger partial charge in [-0.25, -0.2) is 0 Å². The van der Waals surface area contributed by atoms with Crippen LogP contribution >= 0.6 is 0 Å². The summed E-state index contributed by atoms with van der Waals surface area (Å²) in [7, 11) is 0. The predicted molar refractivity (Wildman–Crippen MR) is 258 cm³/mol. The summed E-state index contributed by atoms with van der Waals surface area (Å²) in [6, 6.07) is 54.6. The Kier molecular flexibility index (Phi) is 9.74. The fourth-order valence-corrected chi connectivity index (χ4v) is 8.88. The molecule has 0 amide bonds. The van der Waals surface area contributed by atoms with Crippen molar-refractivity contribution < 1.29 is 4.42 Å². The zero-order valence-electron chi connectivity index (χ0n) is 36.8. The van der Waals surface area contributed by atoms with Gasteiger partial charge >= 0.3 is 0 Å². The van der Waals surface area contributed by atoms with Gasteiger partial charge in [-0.1, -0.05) is 190 Å². The molecule has 0 fully saturated rings. The maximum Gasteiger partial charge on any atom is 0.137 e. The molecule has 9 rings (SSSR count). The van der Waals surface area contributed by atoms with Crippen LogP contribution in [0.15, 0.2) is 156 Å². The highest BCUT2D eigenvalue weighted by Crippen LogP contribution is 2.49. The average molecular weight is 784 g/mol. The Morgan fingerprint density at radius 3 is 1.83 bits per heavy atom. The summed E-state index contributed by atoms with van der Waals surface area (Å²) in [6.45, 7) is 20.8. The minimum absolute atomic E-state index is 0.000761.